The summed E-state index contributed by atoms with van der Waals surface area (Å²) in [6.45, 7) is 5.12. The molecule has 1 aliphatic rings. The van der Waals surface area contributed by atoms with Gasteiger partial charge in [0.15, 0.2) is 0 Å². The number of nitrogens with one attached hydrogen (secondary N) is 1. The van der Waals surface area contributed by atoms with E-state index in [-0.39, 0.29) is 37.0 Å². The highest BCUT2D eigenvalue weighted by Crippen LogP contribution is 2.19. The lowest BCUT2D eigenvalue weighted by Crippen LogP contribution is -2.50. The lowest BCUT2D eigenvalue weighted by molar-refractivity contribution is 0.0692. The molecule has 27 heavy (non-hydrogen) atoms. The van der Waals surface area contributed by atoms with Crippen LogP contribution in [0.25, 0.3) is 0 Å². The molecule has 1 aromatic heterocycles. The summed E-state index contributed by atoms with van der Waals surface area (Å²) in [7, 11) is -3.70. The van der Waals surface area contributed by atoms with Gasteiger partial charge < -0.3 is 4.90 Å². The molecule has 1 fully saturated rings. The van der Waals surface area contributed by atoms with Gasteiger partial charge >= 0.3 is 0 Å². The topological polar surface area (TPSA) is 86.4 Å². The fraction of sp³-hybridized carbons (Fsp3) is 0.444. The van der Waals surface area contributed by atoms with Gasteiger partial charge in [-0.25, -0.2) is 12.8 Å². The maximum absolute atomic E-state index is 13.0. The largest absolute Gasteiger partial charge is 0.335 e. The molecule has 146 valence electrons. The van der Waals surface area contributed by atoms with E-state index in [1.807, 2.05) is 0 Å². The highest BCUT2D eigenvalue weighted by atomic mass is 32.2. The number of hydrogen-bond donors (Lipinski definition) is 1. The normalized spacial score (nSPS) is 16.1. The van der Waals surface area contributed by atoms with Crippen LogP contribution in [0.2, 0.25) is 0 Å². The van der Waals surface area contributed by atoms with E-state index in [0.717, 1.165) is 24.2 Å². The zero-order valence-electron chi connectivity index (χ0n) is 15.4. The Morgan fingerprint density at radius 3 is 2.41 bits per heavy atom. The molecular formula is C18H23FN4O3S. The zero-order valence-corrected chi connectivity index (χ0v) is 16.2. The summed E-state index contributed by atoms with van der Waals surface area (Å²) in [5.74, 6) is -0.242. The van der Waals surface area contributed by atoms with Crippen molar-refractivity contribution in [3.63, 3.8) is 0 Å². The monoisotopic (exact) mass is 394 g/mol. The number of H-pyrrole nitrogens is 1. The molecule has 0 atom stereocenters. The van der Waals surface area contributed by atoms with Gasteiger partial charge in [0.1, 0.15) is 11.5 Å². The van der Waals surface area contributed by atoms with Crippen LogP contribution in [0.1, 0.15) is 30.0 Å². The summed E-state index contributed by atoms with van der Waals surface area (Å²) < 4.78 is 39.6. The molecule has 9 heteroatoms. The molecule has 0 radical (unpaired) electrons. The van der Waals surface area contributed by atoms with Gasteiger partial charge in [-0.3, -0.25) is 9.89 Å². The van der Waals surface area contributed by atoms with Crippen LogP contribution in [0.4, 0.5) is 4.39 Å². The van der Waals surface area contributed by atoms with Crippen molar-refractivity contribution in [2.45, 2.75) is 25.2 Å². The molecule has 3 rings (SSSR count). The van der Waals surface area contributed by atoms with E-state index < -0.39 is 15.8 Å². The van der Waals surface area contributed by atoms with Crippen LogP contribution in [0.3, 0.4) is 0 Å². The second-order valence-corrected chi connectivity index (χ2v) is 8.96. The lowest BCUT2D eigenvalue weighted by atomic mass is 10.1. The number of halogens is 1. The van der Waals surface area contributed by atoms with Gasteiger partial charge in [0, 0.05) is 31.9 Å². The SMILES string of the molecule is CC(C)Cc1cc(C(=O)N2CCN(S(=O)(=O)c3ccc(F)cc3)CC2)n[nH]1. The van der Waals surface area contributed by atoms with Crippen molar-refractivity contribution in [1.29, 1.82) is 0 Å². The minimum Gasteiger partial charge on any atom is -0.335 e. The number of nitrogens with zero attached hydrogens (tertiary/aromatic N) is 3. The number of aromatic nitrogens is 2. The summed E-state index contributed by atoms with van der Waals surface area (Å²) in [4.78, 5) is 14.2. The zero-order chi connectivity index (χ0) is 19.6. The predicted octanol–water partition coefficient (Wildman–Crippen LogP) is 1.89. The molecule has 0 unspecified atom stereocenters. The molecule has 2 aromatic rings. The number of sulfonamides is 1. The van der Waals surface area contributed by atoms with Crippen molar-refractivity contribution < 1.29 is 17.6 Å². The van der Waals surface area contributed by atoms with Crippen LogP contribution < -0.4 is 0 Å². The van der Waals surface area contributed by atoms with E-state index in [1.54, 1.807) is 11.0 Å². The van der Waals surface area contributed by atoms with Gasteiger partial charge in [-0.1, -0.05) is 13.8 Å². The molecule has 0 aliphatic carbocycles. The first-order chi connectivity index (χ1) is 12.8. The third-order valence-corrected chi connectivity index (χ3v) is 6.37. The summed E-state index contributed by atoms with van der Waals surface area (Å²) in [6, 6.07) is 6.51. The number of carbonyl (C=O) groups is 1. The number of rotatable bonds is 5. The fourth-order valence-electron chi connectivity index (χ4n) is 3.06. The molecule has 0 spiro atoms. The van der Waals surface area contributed by atoms with Crippen LogP contribution in [-0.2, 0) is 16.4 Å². The molecule has 1 amide bonds. The van der Waals surface area contributed by atoms with Crippen LogP contribution in [0.15, 0.2) is 35.2 Å². The van der Waals surface area contributed by atoms with Crippen LogP contribution in [0, 0.1) is 11.7 Å². The molecule has 0 bridgehead atoms. The van der Waals surface area contributed by atoms with Crippen molar-refractivity contribution in [1.82, 2.24) is 19.4 Å². The predicted molar refractivity (Wildman–Crippen MR) is 98.2 cm³/mol. The number of carbonyl (C=O) groups excluding carboxylic acids is 1. The summed E-state index contributed by atoms with van der Waals surface area (Å²) in [5.41, 5.74) is 1.26. The van der Waals surface area contributed by atoms with Gasteiger partial charge in [0.05, 0.1) is 4.90 Å². The van der Waals surface area contributed by atoms with Gasteiger partial charge in [-0.05, 0) is 42.7 Å². The summed E-state index contributed by atoms with van der Waals surface area (Å²) in [5, 5.41) is 6.97. The standard InChI is InChI=1S/C18H23FN4O3S/c1-13(2)11-15-12-17(21-20-15)18(24)22-7-9-23(10-8-22)27(25,26)16-5-3-14(19)4-6-16/h3-6,12-13H,7-11H2,1-2H3,(H,20,21). The average Bonchev–Trinajstić information content (AvgIpc) is 3.09. The number of aromatic amines is 1. The lowest BCUT2D eigenvalue weighted by Gasteiger charge is -2.33. The van der Waals surface area contributed by atoms with E-state index in [4.69, 9.17) is 0 Å². The van der Waals surface area contributed by atoms with Gasteiger partial charge in [-0.15, -0.1) is 0 Å². The third kappa shape index (κ3) is 4.36. The Morgan fingerprint density at radius 2 is 1.81 bits per heavy atom. The van der Waals surface area contributed by atoms with E-state index in [9.17, 15) is 17.6 Å². The minimum atomic E-state index is -3.70. The van der Waals surface area contributed by atoms with Crippen molar-refractivity contribution in [2.24, 2.45) is 5.92 Å². The number of amides is 1. The Bertz CT molecular complexity index is 901. The quantitative estimate of drug-likeness (QED) is 0.839. The second-order valence-electron chi connectivity index (χ2n) is 7.03. The highest BCUT2D eigenvalue weighted by Gasteiger charge is 2.31. The minimum absolute atomic E-state index is 0.0503. The number of hydrogen-bond acceptors (Lipinski definition) is 4. The smallest absolute Gasteiger partial charge is 0.274 e. The third-order valence-electron chi connectivity index (χ3n) is 4.46. The molecule has 1 saturated heterocycles. The average molecular weight is 394 g/mol. The van der Waals surface area contributed by atoms with Gasteiger partial charge in [-0.2, -0.15) is 9.40 Å². The second kappa shape index (κ2) is 7.77. The maximum atomic E-state index is 13.0. The Kier molecular flexibility index (Phi) is 5.61. The fourth-order valence-corrected chi connectivity index (χ4v) is 4.49. The first kappa shape index (κ1) is 19.5. The molecule has 1 N–H and O–H groups in total. The summed E-state index contributed by atoms with van der Waals surface area (Å²) >= 11 is 0. The molecular weight excluding hydrogens is 371 g/mol. The first-order valence-electron chi connectivity index (χ1n) is 8.86. The van der Waals surface area contributed by atoms with E-state index in [0.29, 0.717) is 11.6 Å². The Hall–Kier alpha value is -2.26. The van der Waals surface area contributed by atoms with Crippen molar-refractivity contribution in [3.8, 4) is 0 Å². The Morgan fingerprint density at radius 1 is 1.19 bits per heavy atom. The maximum Gasteiger partial charge on any atom is 0.274 e. The van der Waals surface area contributed by atoms with E-state index in [1.165, 1.54) is 16.4 Å². The van der Waals surface area contributed by atoms with Gasteiger partial charge in [0.2, 0.25) is 10.0 Å². The Labute approximate surface area is 158 Å². The summed E-state index contributed by atoms with van der Waals surface area (Å²) in [6.07, 6.45) is 0.809. The Balaban J connectivity index is 1.63. The molecule has 7 nitrogen and oxygen atoms in total. The molecule has 0 saturated carbocycles. The molecule has 2 heterocycles. The molecule has 1 aromatic carbocycles. The van der Waals surface area contributed by atoms with Crippen molar-refractivity contribution in [3.05, 3.63) is 47.5 Å². The van der Waals surface area contributed by atoms with E-state index >= 15 is 0 Å². The highest BCUT2D eigenvalue weighted by molar-refractivity contribution is 7.89. The van der Waals surface area contributed by atoms with Crippen molar-refractivity contribution >= 4 is 15.9 Å². The van der Waals surface area contributed by atoms with Crippen LogP contribution in [0.5, 0.6) is 0 Å². The van der Waals surface area contributed by atoms with Crippen LogP contribution in [-0.4, -0.2) is 59.9 Å². The van der Waals surface area contributed by atoms with Gasteiger partial charge in [0.25, 0.3) is 5.91 Å². The number of benzene rings is 1. The molecule has 1 aliphatic heterocycles. The van der Waals surface area contributed by atoms with Crippen molar-refractivity contribution in [2.75, 3.05) is 26.2 Å². The van der Waals surface area contributed by atoms with E-state index in [2.05, 4.69) is 24.0 Å². The first-order valence-corrected chi connectivity index (χ1v) is 10.3. The van der Waals surface area contributed by atoms with Crippen LogP contribution >= 0.6 is 0 Å². The number of piperazine rings is 1.